The highest BCUT2D eigenvalue weighted by molar-refractivity contribution is 5.54. The number of ether oxygens (including phenoxy) is 1. The van der Waals surface area contributed by atoms with E-state index in [2.05, 4.69) is 24.8 Å². The Morgan fingerprint density at radius 1 is 1.38 bits per heavy atom. The third-order valence-electron chi connectivity index (χ3n) is 4.26. The van der Waals surface area contributed by atoms with E-state index in [1.807, 2.05) is 12.1 Å². The van der Waals surface area contributed by atoms with E-state index in [9.17, 15) is 5.11 Å². The summed E-state index contributed by atoms with van der Waals surface area (Å²) in [6.07, 6.45) is 2.51. The fourth-order valence-corrected chi connectivity index (χ4v) is 2.95. The fourth-order valence-electron chi connectivity index (χ4n) is 2.95. The van der Waals surface area contributed by atoms with Gasteiger partial charge in [0.1, 0.15) is 5.75 Å². The molecule has 1 aliphatic rings. The van der Waals surface area contributed by atoms with Crippen LogP contribution in [0.25, 0.3) is 0 Å². The Morgan fingerprint density at radius 3 is 2.86 bits per heavy atom. The second kappa shape index (κ2) is 7.66. The molecule has 4 nitrogen and oxygen atoms in total. The van der Waals surface area contributed by atoms with Crippen LogP contribution in [0.4, 0.5) is 5.69 Å². The lowest BCUT2D eigenvalue weighted by Gasteiger charge is -2.35. The van der Waals surface area contributed by atoms with Gasteiger partial charge in [-0.25, -0.2) is 0 Å². The lowest BCUT2D eigenvalue weighted by molar-refractivity contribution is 0.0290. The van der Waals surface area contributed by atoms with E-state index in [-0.39, 0.29) is 6.10 Å². The molecule has 3 N–H and O–H groups in total. The van der Waals surface area contributed by atoms with Gasteiger partial charge in [0.25, 0.3) is 0 Å². The van der Waals surface area contributed by atoms with E-state index < -0.39 is 0 Å². The topological polar surface area (TPSA) is 58.7 Å². The first-order chi connectivity index (χ1) is 10.1. The minimum atomic E-state index is -0.204. The van der Waals surface area contributed by atoms with Crippen molar-refractivity contribution >= 4 is 5.69 Å². The van der Waals surface area contributed by atoms with Crippen molar-refractivity contribution in [3.05, 3.63) is 23.8 Å². The first kappa shape index (κ1) is 16.1. The number of aliphatic hydroxyl groups excluding tert-OH is 1. The molecule has 1 heterocycles. The minimum absolute atomic E-state index is 0.204. The summed E-state index contributed by atoms with van der Waals surface area (Å²) >= 11 is 0. The maximum absolute atomic E-state index is 10.2. The van der Waals surface area contributed by atoms with Crippen LogP contribution in [0.3, 0.4) is 0 Å². The van der Waals surface area contributed by atoms with Crippen LogP contribution in [0.5, 0.6) is 5.75 Å². The highest BCUT2D eigenvalue weighted by atomic mass is 16.5. The molecule has 0 aliphatic carbocycles. The van der Waals surface area contributed by atoms with Crippen LogP contribution < -0.4 is 10.5 Å². The molecular formula is C17H28N2O2. The highest BCUT2D eigenvalue weighted by Crippen LogP contribution is 2.26. The molecule has 21 heavy (non-hydrogen) atoms. The van der Waals surface area contributed by atoms with Crippen LogP contribution in [0.2, 0.25) is 0 Å². The number of aliphatic hydroxyl groups is 1. The number of benzene rings is 1. The van der Waals surface area contributed by atoms with Crippen LogP contribution in [0.15, 0.2) is 18.2 Å². The quantitative estimate of drug-likeness (QED) is 0.790. The summed E-state index contributed by atoms with van der Waals surface area (Å²) in [4.78, 5) is 2.40. The molecule has 1 aromatic carbocycles. The Morgan fingerprint density at radius 2 is 2.19 bits per heavy atom. The summed E-state index contributed by atoms with van der Waals surface area (Å²) in [6.45, 7) is 7.96. The zero-order chi connectivity index (χ0) is 15.2. The first-order valence-corrected chi connectivity index (χ1v) is 8.05. The van der Waals surface area contributed by atoms with Crippen molar-refractivity contribution in [3.63, 3.8) is 0 Å². The van der Waals surface area contributed by atoms with Gasteiger partial charge in [-0.1, -0.05) is 19.9 Å². The van der Waals surface area contributed by atoms with Crippen molar-refractivity contribution in [2.45, 2.75) is 39.2 Å². The standard InChI is InChI=1S/C17H28N2O2/c1-3-9-21-17-6-5-13(11-15(17)18)10-14-12-19(4-2)8-7-16(14)20/h5-6,11,14,16,20H,3-4,7-10,12,18H2,1-2H3. The van der Waals surface area contributed by atoms with Crippen molar-refractivity contribution in [2.24, 2.45) is 5.92 Å². The predicted molar refractivity (Wildman–Crippen MR) is 86.6 cm³/mol. The number of hydrogen-bond donors (Lipinski definition) is 2. The second-order valence-electron chi connectivity index (χ2n) is 5.93. The molecular weight excluding hydrogens is 264 g/mol. The Bertz CT molecular complexity index is 450. The smallest absolute Gasteiger partial charge is 0.142 e. The summed E-state index contributed by atoms with van der Waals surface area (Å²) < 4.78 is 5.60. The van der Waals surface area contributed by atoms with Crippen molar-refractivity contribution in [2.75, 3.05) is 32.0 Å². The summed E-state index contributed by atoms with van der Waals surface area (Å²) in [5.41, 5.74) is 7.93. The predicted octanol–water partition coefficient (Wildman–Crippen LogP) is 2.30. The van der Waals surface area contributed by atoms with Gasteiger partial charge in [0, 0.05) is 19.0 Å². The van der Waals surface area contributed by atoms with Gasteiger partial charge in [-0.2, -0.15) is 0 Å². The summed E-state index contributed by atoms with van der Waals surface area (Å²) in [6, 6.07) is 6.01. The van der Waals surface area contributed by atoms with Crippen LogP contribution in [-0.2, 0) is 6.42 Å². The fraction of sp³-hybridized carbons (Fsp3) is 0.647. The summed E-state index contributed by atoms with van der Waals surface area (Å²) in [5, 5.41) is 10.2. The van der Waals surface area contributed by atoms with Crippen molar-refractivity contribution in [1.29, 1.82) is 0 Å². The molecule has 1 saturated heterocycles. The SMILES string of the molecule is CCCOc1ccc(CC2CN(CC)CCC2O)cc1N. The van der Waals surface area contributed by atoms with Gasteiger partial charge in [-0.3, -0.25) is 0 Å². The normalized spacial score (nSPS) is 23.2. The number of anilines is 1. The lowest BCUT2D eigenvalue weighted by Crippen LogP contribution is -2.43. The summed E-state index contributed by atoms with van der Waals surface area (Å²) in [5.74, 6) is 1.06. The molecule has 4 heteroatoms. The van der Waals surface area contributed by atoms with E-state index in [1.54, 1.807) is 0 Å². The monoisotopic (exact) mass is 292 g/mol. The maximum Gasteiger partial charge on any atom is 0.142 e. The average Bonchev–Trinajstić information content (AvgIpc) is 2.49. The number of nitrogens with zero attached hydrogens (tertiary/aromatic N) is 1. The van der Waals surface area contributed by atoms with Crippen molar-refractivity contribution in [1.82, 2.24) is 4.90 Å². The molecule has 0 saturated carbocycles. The molecule has 1 aromatic rings. The van der Waals surface area contributed by atoms with Gasteiger partial charge in [-0.05, 0) is 43.5 Å². The lowest BCUT2D eigenvalue weighted by atomic mass is 9.88. The molecule has 0 bridgehead atoms. The Balaban J connectivity index is 2.00. The van der Waals surface area contributed by atoms with Crippen LogP contribution >= 0.6 is 0 Å². The van der Waals surface area contributed by atoms with Crippen LogP contribution in [0, 0.1) is 5.92 Å². The van der Waals surface area contributed by atoms with E-state index in [0.717, 1.165) is 44.6 Å². The van der Waals surface area contributed by atoms with Gasteiger partial charge in [0.05, 0.1) is 18.4 Å². The molecule has 1 fully saturated rings. The van der Waals surface area contributed by atoms with Crippen molar-refractivity contribution < 1.29 is 9.84 Å². The zero-order valence-corrected chi connectivity index (χ0v) is 13.2. The van der Waals surface area contributed by atoms with Gasteiger partial charge in [0.2, 0.25) is 0 Å². The highest BCUT2D eigenvalue weighted by Gasteiger charge is 2.27. The Kier molecular flexibility index (Phi) is 5.88. The number of likely N-dealkylation sites (tertiary alicyclic amines) is 1. The van der Waals surface area contributed by atoms with Gasteiger partial charge in [0.15, 0.2) is 0 Å². The third-order valence-corrected chi connectivity index (χ3v) is 4.26. The molecule has 2 unspecified atom stereocenters. The minimum Gasteiger partial charge on any atom is -0.491 e. The van der Waals surface area contributed by atoms with Crippen LogP contribution in [-0.4, -0.2) is 42.4 Å². The zero-order valence-electron chi connectivity index (χ0n) is 13.2. The van der Waals surface area contributed by atoms with Crippen molar-refractivity contribution in [3.8, 4) is 5.75 Å². The second-order valence-corrected chi connectivity index (χ2v) is 5.93. The number of nitrogen functional groups attached to an aromatic ring is 1. The average molecular weight is 292 g/mol. The third kappa shape index (κ3) is 4.35. The number of nitrogens with two attached hydrogens (primary N) is 1. The molecule has 0 aromatic heterocycles. The molecule has 1 aliphatic heterocycles. The Hall–Kier alpha value is -1.26. The molecule has 0 amide bonds. The van der Waals surface area contributed by atoms with Gasteiger partial charge in [-0.15, -0.1) is 0 Å². The van der Waals surface area contributed by atoms with Gasteiger partial charge >= 0.3 is 0 Å². The maximum atomic E-state index is 10.2. The molecule has 118 valence electrons. The van der Waals surface area contributed by atoms with E-state index in [1.165, 1.54) is 5.56 Å². The van der Waals surface area contributed by atoms with E-state index >= 15 is 0 Å². The molecule has 0 radical (unpaired) electrons. The molecule has 2 atom stereocenters. The summed E-state index contributed by atoms with van der Waals surface area (Å²) in [7, 11) is 0. The number of piperidine rings is 1. The Labute approximate surface area is 127 Å². The van der Waals surface area contributed by atoms with Gasteiger partial charge < -0.3 is 20.5 Å². The first-order valence-electron chi connectivity index (χ1n) is 8.05. The van der Waals surface area contributed by atoms with E-state index in [4.69, 9.17) is 10.5 Å². The molecule has 2 rings (SSSR count). The van der Waals surface area contributed by atoms with Crippen LogP contribution in [0.1, 0.15) is 32.3 Å². The number of rotatable bonds is 6. The largest absolute Gasteiger partial charge is 0.491 e. The number of hydrogen-bond acceptors (Lipinski definition) is 4. The molecule has 0 spiro atoms. The van der Waals surface area contributed by atoms with E-state index in [0.29, 0.717) is 18.2 Å².